The molecule has 2 aromatic carbocycles. The molecule has 0 unspecified atom stereocenters. The van der Waals surface area contributed by atoms with Crippen molar-refractivity contribution >= 4 is 12.0 Å². The van der Waals surface area contributed by atoms with E-state index in [0.717, 1.165) is 5.56 Å². The summed E-state index contributed by atoms with van der Waals surface area (Å²) in [6.45, 7) is 2.56. The number of nitrogens with one attached hydrogen (secondary N) is 1. The third-order valence-corrected chi connectivity index (χ3v) is 4.19. The molecule has 2 rings (SSSR count). The molecule has 0 spiro atoms. The molecular weight excluding hydrogens is 396 g/mol. The zero-order chi connectivity index (χ0) is 22.6. The van der Waals surface area contributed by atoms with Gasteiger partial charge in [0.1, 0.15) is 29.7 Å². The molecule has 2 aromatic rings. The van der Waals surface area contributed by atoms with Gasteiger partial charge in [0.05, 0.1) is 20.8 Å². The summed E-state index contributed by atoms with van der Waals surface area (Å²) in [5.41, 5.74) is 1.32. The van der Waals surface area contributed by atoms with E-state index in [0.29, 0.717) is 35.2 Å². The van der Waals surface area contributed by atoms with Gasteiger partial charge in [0.25, 0.3) is 5.91 Å². The highest BCUT2D eigenvalue weighted by Gasteiger charge is 2.12. The molecule has 0 saturated carbocycles. The first-order valence-electron chi connectivity index (χ1n) is 9.50. The van der Waals surface area contributed by atoms with E-state index in [9.17, 15) is 10.1 Å². The van der Waals surface area contributed by atoms with Crippen LogP contribution in [0, 0.1) is 23.7 Å². The van der Waals surface area contributed by atoms with Gasteiger partial charge >= 0.3 is 0 Å². The molecule has 7 nitrogen and oxygen atoms in total. The van der Waals surface area contributed by atoms with Crippen molar-refractivity contribution < 1.29 is 23.7 Å². The van der Waals surface area contributed by atoms with Crippen LogP contribution in [0.4, 0.5) is 0 Å². The topological polar surface area (TPSA) is 89.8 Å². The molecule has 0 atom stereocenters. The Hall–Kier alpha value is -4.10. The highest BCUT2D eigenvalue weighted by atomic mass is 16.5. The van der Waals surface area contributed by atoms with E-state index in [-0.39, 0.29) is 18.7 Å². The molecule has 0 aliphatic heterocycles. The van der Waals surface area contributed by atoms with E-state index in [2.05, 4.69) is 11.2 Å². The Bertz CT molecular complexity index is 1030. The largest absolute Gasteiger partial charge is 0.497 e. The summed E-state index contributed by atoms with van der Waals surface area (Å²) < 4.78 is 21.5. The van der Waals surface area contributed by atoms with E-state index in [1.807, 2.05) is 13.0 Å². The Balaban J connectivity index is 2.18. The number of ether oxygens (including phenoxy) is 4. The predicted molar refractivity (Wildman–Crippen MR) is 117 cm³/mol. The molecule has 0 radical (unpaired) electrons. The maximum atomic E-state index is 12.5. The zero-order valence-corrected chi connectivity index (χ0v) is 17.7. The van der Waals surface area contributed by atoms with Gasteiger partial charge in [0.15, 0.2) is 11.5 Å². The summed E-state index contributed by atoms with van der Waals surface area (Å²) in [4.78, 5) is 12.5. The van der Waals surface area contributed by atoms with Crippen molar-refractivity contribution in [2.24, 2.45) is 0 Å². The summed E-state index contributed by atoms with van der Waals surface area (Å²) >= 11 is 0. The van der Waals surface area contributed by atoms with Gasteiger partial charge in [-0.1, -0.05) is 12.0 Å². The fourth-order valence-electron chi connectivity index (χ4n) is 2.71. The number of amides is 1. The lowest BCUT2D eigenvalue weighted by atomic mass is 10.1. The lowest BCUT2D eigenvalue weighted by Gasteiger charge is -2.12. The Labute approximate surface area is 182 Å². The Morgan fingerprint density at radius 1 is 1.10 bits per heavy atom. The lowest BCUT2D eigenvalue weighted by molar-refractivity contribution is -0.117. The second-order valence-electron chi connectivity index (χ2n) is 6.16. The van der Waals surface area contributed by atoms with E-state index in [1.54, 1.807) is 43.5 Å². The first kappa shape index (κ1) is 23.2. The number of terminal acetylenes is 1. The highest BCUT2D eigenvalue weighted by molar-refractivity contribution is 6.01. The van der Waals surface area contributed by atoms with Gasteiger partial charge in [-0.15, -0.1) is 6.42 Å². The van der Waals surface area contributed by atoms with Crippen molar-refractivity contribution in [1.82, 2.24) is 5.32 Å². The molecular formula is C24H24N2O5. The minimum Gasteiger partial charge on any atom is -0.497 e. The Morgan fingerprint density at radius 3 is 2.55 bits per heavy atom. The standard InChI is InChI=1S/C24H24N2O5/c1-5-11-31-21-10-7-17(13-23(21)30-6-2)12-19(15-25)24(27)26-16-18-8-9-20(28-3)14-22(18)29-4/h1,7-10,12-14H,6,11,16H2,2-4H3,(H,26,27)/b19-12+. The van der Waals surface area contributed by atoms with Gasteiger partial charge in [-0.05, 0) is 42.8 Å². The van der Waals surface area contributed by atoms with Crippen LogP contribution >= 0.6 is 0 Å². The SMILES string of the molecule is C#CCOc1ccc(/C=C(\C#N)C(=O)NCc2ccc(OC)cc2OC)cc1OCC. The number of carbonyl (C=O) groups excluding carboxylic acids is 1. The summed E-state index contributed by atoms with van der Waals surface area (Å²) in [6.07, 6.45) is 6.71. The maximum Gasteiger partial charge on any atom is 0.262 e. The number of rotatable bonds is 10. The fraction of sp³-hybridized carbons (Fsp3) is 0.250. The number of methoxy groups -OCH3 is 2. The van der Waals surface area contributed by atoms with E-state index >= 15 is 0 Å². The van der Waals surface area contributed by atoms with Crippen LogP contribution < -0.4 is 24.3 Å². The molecule has 0 fully saturated rings. The zero-order valence-electron chi connectivity index (χ0n) is 17.7. The van der Waals surface area contributed by atoms with Crippen molar-refractivity contribution in [3.8, 4) is 41.4 Å². The van der Waals surface area contributed by atoms with E-state index < -0.39 is 5.91 Å². The van der Waals surface area contributed by atoms with Crippen molar-refractivity contribution in [1.29, 1.82) is 5.26 Å². The smallest absolute Gasteiger partial charge is 0.262 e. The molecule has 31 heavy (non-hydrogen) atoms. The third kappa shape index (κ3) is 6.45. The quantitative estimate of drug-likeness (QED) is 0.360. The second-order valence-corrected chi connectivity index (χ2v) is 6.16. The monoisotopic (exact) mass is 420 g/mol. The van der Waals surface area contributed by atoms with Crippen LogP contribution in [0.15, 0.2) is 42.0 Å². The van der Waals surface area contributed by atoms with Gasteiger partial charge in [-0.3, -0.25) is 4.79 Å². The number of nitrogens with zero attached hydrogens (tertiary/aromatic N) is 1. The molecule has 0 bridgehead atoms. The first-order chi connectivity index (χ1) is 15.1. The van der Waals surface area contributed by atoms with Crippen LogP contribution in [0.2, 0.25) is 0 Å². The molecule has 0 saturated heterocycles. The minimum atomic E-state index is -0.508. The van der Waals surface area contributed by atoms with Crippen LogP contribution in [0.25, 0.3) is 6.08 Å². The summed E-state index contributed by atoms with van der Waals surface area (Å²) in [7, 11) is 3.10. The average Bonchev–Trinajstić information content (AvgIpc) is 2.80. The van der Waals surface area contributed by atoms with Gasteiger partial charge < -0.3 is 24.3 Å². The van der Waals surface area contributed by atoms with Crippen LogP contribution in [-0.2, 0) is 11.3 Å². The molecule has 0 aliphatic carbocycles. The Morgan fingerprint density at radius 2 is 1.90 bits per heavy atom. The predicted octanol–water partition coefficient (Wildman–Crippen LogP) is 3.34. The molecule has 0 aliphatic rings. The molecule has 1 amide bonds. The van der Waals surface area contributed by atoms with Gasteiger partial charge in [0.2, 0.25) is 0 Å². The summed E-state index contributed by atoms with van der Waals surface area (Å²) in [6, 6.07) is 12.3. The second kappa shape index (κ2) is 11.8. The molecule has 160 valence electrons. The average molecular weight is 420 g/mol. The van der Waals surface area contributed by atoms with Crippen molar-refractivity contribution in [3.63, 3.8) is 0 Å². The highest BCUT2D eigenvalue weighted by Crippen LogP contribution is 2.29. The van der Waals surface area contributed by atoms with Crippen LogP contribution in [0.5, 0.6) is 23.0 Å². The van der Waals surface area contributed by atoms with Crippen molar-refractivity contribution in [3.05, 3.63) is 53.1 Å². The van der Waals surface area contributed by atoms with Crippen LogP contribution in [-0.4, -0.2) is 33.3 Å². The summed E-state index contributed by atoms with van der Waals surface area (Å²) in [5.74, 6) is 4.08. The molecule has 0 heterocycles. The molecule has 7 heteroatoms. The first-order valence-corrected chi connectivity index (χ1v) is 9.50. The van der Waals surface area contributed by atoms with Crippen molar-refractivity contribution in [2.45, 2.75) is 13.5 Å². The van der Waals surface area contributed by atoms with Crippen LogP contribution in [0.3, 0.4) is 0 Å². The maximum absolute atomic E-state index is 12.5. The number of nitriles is 1. The van der Waals surface area contributed by atoms with E-state index in [4.69, 9.17) is 25.4 Å². The number of benzene rings is 2. The van der Waals surface area contributed by atoms with Crippen molar-refractivity contribution in [2.75, 3.05) is 27.4 Å². The summed E-state index contributed by atoms with van der Waals surface area (Å²) in [5, 5.41) is 12.2. The number of hydrogen-bond donors (Lipinski definition) is 1. The number of carbonyl (C=O) groups is 1. The molecule has 0 aromatic heterocycles. The van der Waals surface area contributed by atoms with Gasteiger partial charge in [-0.25, -0.2) is 0 Å². The van der Waals surface area contributed by atoms with E-state index in [1.165, 1.54) is 13.2 Å². The van der Waals surface area contributed by atoms with Gasteiger partial charge in [-0.2, -0.15) is 5.26 Å². The molecule has 1 N–H and O–H groups in total. The number of hydrogen-bond acceptors (Lipinski definition) is 6. The fourth-order valence-corrected chi connectivity index (χ4v) is 2.71. The van der Waals surface area contributed by atoms with Gasteiger partial charge in [0, 0.05) is 18.2 Å². The minimum absolute atomic E-state index is 0.0489. The van der Waals surface area contributed by atoms with Crippen LogP contribution in [0.1, 0.15) is 18.1 Å². The normalized spacial score (nSPS) is 10.4. The Kier molecular flexibility index (Phi) is 8.82. The third-order valence-electron chi connectivity index (χ3n) is 4.19. The lowest BCUT2D eigenvalue weighted by Crippen LogP contribution is -2.24.